The van der Waals surface area contributed by atoms with E-state index in [2.05, 4.69) is 115 Å². The minimum atomic E-state index is -0.425. The van der Waals surface area contributed by atoms with Crippen molar-refractivity contribution in [3.8, 4) is 5.75 Å². The van der Waals surface area contributed by atoms with Crippen molar-refractivity contribution in [2.45, 2.75) is 65.4 Å². The van der Waals surface area contributed by atoms with Gasteiger partial charge in [0.1, 0.15) is 11.4 Å². The normalized spacial score (nSPS) is 11.4. The van der Waals surface area contributed by atoms with Crippen LogP contribution in [0, 0.1) is 0 Å². The van der Waals surface area contributed by atoms with Gasteiger partial charge in [-0.2, -0.15) is 0 Å². The third-order valence-corrected chi connectivity index (χ3v) is 6.82. The number of rotatable bonds is 13. The summed E-state index contributed by atoms with van der Waals surface area (Å²) in [4.78, 5) is 14.2. The van der Waals surface area contributed by atoms with Crippen LogP contribution in [0.4, 0.5) is 17.1 Å². The SMILES string of the molecule is CCc1ccc(/C=C/c2ccc(N(c3ccccc3)c3ccccc3)cc2)cc1OCCCCCC(=O)OC(C)(C)C. The molecule has 0 aliphatic heterocycles. The zero-order chi connectivity index (χ0) is 29.8. The summed E-state index contributed by atoms with van der Waals surface area (Å²) in [6.45, 7) is 8.48. The van der Waals surface area contributed by atoms with Crippen molar-refractivity contribution in [3.63, 3.8) is 0 Å². The van der Waals surface area contributed by atoms with Crippen LogP contribution in [-0.4, -0.2) is 18.2 Å². The van der Waals surface area contributed by atoms with E-state index < -0.39 is 5.60 Å². The Morgan fingerprint density at radius 1 is 0.714 bits per heavy atom. The number of nitrogens with zero attached hydrogens (tertiary/aromatic N) is 1. The van der Waals surface area contributed by atoms with E-state index in [0.29, 0.717) is 13.0 Å². The smallest absolute Gasteiger partial charge is 0.306 e. The Bertz CT molecular complexity index is 1380. The Balaban J connectivity index is 1.36. The molecule has 4 nitrogen and oxygen atoms in total. The van der Waals surface area contributed by atoms with Crippen LogP contribution in [0.2, 0.25) is 0 Å². The summed E-state index contributed by atoms with van der Waals surface area (Å²) in [5, 5.41) is 0. The van der Waals surface area contributed by atoms with Crippen LogP contribution < -0.4 is 9.64 Å². The van der Waals surface area contributed by atoms with Crippen LogP contribution in [-0.2, 0) is 16.0 Å². The van der Waals surface area contributed by atoms with Crippen LogP contribution in [0.5, 0.6) is 5.75 Å². The first-order chi connectivity index (χ1) is 20.3. The summed E-state index contributed by atoms with van der Waals surface area (Å²) in [6, 6.07) is 35.9. The van der Waals surface area contributed by atoms with Crippen molar-refractivity contribution < 1.29 is 14.3 Å². The molecule has 0 aliphatic rings. The Morgan fingerprint density at radius 3 is 1.88 bits per heavy atom. The third-order valence-electron chi connectivity index (χ3n) is 6.82. The number of hydrogen-bond acceptors (Lipinski definition) is 4. The molecule has 0 saturated carbocycles. The quantitative estimate of drug-likeness (QED) is 0.0925. The summed E-state index contributed by atoms with van der Waals surface area (Å²) in [5.41, 5.74) is 6.37. The molecular formula is C38H43NO3. The van der Waals surface area contributed by atoms with Crippen LogP contribution in [0.1, 0.15) is 70.1 Å². The molecule has 4 aromatic carbocycles. The molecule has 42 heavy (non-hydrogen) atoms. The fourth-order valence-corrected chi connectivity index (χ4v) is 4.75. The highest BCUT2D eigenvalue weighted by atomic mass is 16.6. The van der Waals surface area contributed by atoms with Crippen molar-refractivity contribution in [2.75, 3.05) is 11.5 Å². The van der Waals surface area contributed by atoms with Gasteiger partial charge in [-0.3, -0.25) is 4.79 Å². The molecule has 0 amide bonds. The average Bonchev–Trinajstić information content (AvgIpc) is 2.99. The van der Waals surface area contributed by atoms with Crippen LogP contribution in [0.15, 0.2) is 103 Å². The van der Waals surface area contributed by atoms with E-state index in [-0.39, 0.29) is 5.97 Å². The van der Waals surface area contributed by atoms with Crippen molar-refractivity contribution in [1.82, 2.24) is 0 Å². The van der Waals surface area contributed by atoms with Crippen LogP contribution in [0.3, 0.4) is 0 Å². The maximum Gasteiger partial charge on any atom is 0.306 e. The Labute approximate surface area is 251 Å². The van der Waals surface area contributed by atoms with Gasteiger partial charge >= 0.3 is 5.97 Å². The molecule has 0 aliphatic carbocycles. The predicted octanol–water partition coefficient (Wildman–Crippen LogP) is 10.2. The highest BCUT2D eigenvalue weighted by Crippen LogP contribution is 2.34. The van der Waals surface area contributed by atoms with Gasteiger partial charge < -0.3 is 14.4 Å². The minimum Gasteiger partial charge on any atom is -0.493 e. The van der Waals surface area contributed by atoms with E-state index in [0.717, 1.165) is 59.6 Å². The molecule has 0 unspecified atom stereocenters. The van der Waals surface area contributed by atoms with Gasteiger partial charge in [0.15, 0.2) is 0 Å². The molecule has 0 saturated heterocycles. The topological polar surface area (TPSA) is 38.8 Å². The second kappa shape index (κ2) is 15.1. The van der Waals surface area contributed by atoms with Crippen LogP contribution in [0.25, 0.3) is 12.2 Å². The largest absolute Gasteiger partial charge is 0.493 e. The fraction of sp³-hybridized carbons (Fsp3) is 0.289. The monoisotopic (exact) mass is 561 g/mol. The van der Waals surface area contributed by atoms with Crippen molar-refractivity contribution >= 4 is 35.2 Å². The lowest BCUT2D eigenvalue weighted by molar-refractivity contribution is -0.154. The Kier molecular flexibility index (Phi) is 11.0. The van der Waals surface area contributed by atoms with E-state index >= 15 is 0 Å². The highest BCUT2D eigenvalue weighted by Gasteiger charge is 2.15. The number of carbonyl (C=O) groups is 1. The Morgan fingerprint density at radius 2 is 1.29 bits per heavy atom. The van der Waals surface area contributed by atoms with Gasteiger partial charge in [0.05, 0.1) is 6.61 Å². The van der Waals surface area contributed by atoms with Gasteiger partial charge in [-0.1, -0.05) is 79.7 Å². The fourth-order valence-electron chi connectivity index (χ4n) is 4.75. The molecule has 218 valence electrons. The lowest BCUT2D eigenvalue weighted by Gasteiger charge is -2.25. The van der Waals surface area contributed by atoms with Crippen LogP contribution >= 0.6 is 0 Å². The first-order valence-corrected chi connectivity index (χ1v) is 15.0. The maximum absolute atomic E-state index is 11.9. The predicted molar refractivity (Wildman–Crippen MR) is 176 cm³/mol. The molecule has 4 rings (SSSR count). The zero-order valence-electron chi connectivity index (χ0n) is 25.4. The van der Waals surface area contributed by atoms with Gasteiger partial charge in [0.2, 0.25) is 0 Å². The van der Waals surface area contributed by atoms with E-state index in [1.54, 1.807) is 0 Å². The summed E-state index contributed by atoms with van der Waals surface area (Å²) in [5.74, 6) is 0.805. The molecule has 0 radical (unpaired) electrons. The first kappa shape index (κ1) is 30.6. The second-order valence-corrected chi connectivity index (χ2v) is 11.4. The van der Waals surface area contributed by atoms with E-state index in [9.17, 15) is 4.79 Å². The number of carbonyl (C=O) groups excluding carboxylic acids is 1. The van der Waals surface area contributed by atoms with Gasteiger partial charge in [0, 0.05) is 23.5 Å². The van der Waals surface area contributed by atoms with Crippen molar-refractivity contribution in [3.05, 3.63) is 120 Å². The third kappa shape index (κ3) is 9.37. The lowest BCUT2D eigenvalue weighted by Crippen LogP contribution is -2.23. The summed E-state index contributed by atoms with van der Waals surface area (Å²) >= 11 is 0. The number of hydrogen-bond donors (Lipinski definition) is 0. The zero-order valence-corrected chi connectivity index (χ0v) is 25.4. The molecule has 4 heteroatoms. The number of anilines is 3. The Hall–Kier alpha value is -4.31. The number of ether oxygens (including phenoxy) is 2. The van der Waals surface area contributed by atoms with E-state index in [1.165, 1.54) is 5.56 Å². The van der Waals surface area contributed by atoms with E-state index in [1.807, 2.05) is 32.9 Å². The molecule has 0 N–H and O–H groups in total. The number of para-hydroxylation sites is 2. The molecular weight excluding hydrogens is 518 g/mol. The number of unbranched alkanes of at least 4 members (excludes halogenated alkanes) is 2. The minimum absolute atomic E-state index is 0.129. The molecule has 0 heterocycles. The summed E-state index contributed by atoms with van der Waals surface area (Å²) < 4.78 is 11.6. The second-order valence-electron chi connectivity index (χ2n) is 11.4. The standard InChI is InChI=1S/C38H43NO3/c1-5-32-25-22-31(29-36(32)41-28-14-8-13-19-37(40)42-38(2,3)4)21-20-30-23-26-35(27-24-30)39(33-15-9-6-10-16-33)34-17-11-7-12-18-34/h6-7,9-12,15-18,20-27,29H,5,8,13-14,19,28H2,1-4H3/b21-20+. The summed E-state index contributed by atoms with van der Waals surface area (Å²) in [6.07, 6.45) is 8.29. The van der Waals surface area contributed by atoms with Gasteiger partial charge in [-0.15, -0.1) is 0 Å². The summed E-state index contributed by atoms with van der Waals surface area (Å²) in [7, 11) is 0. The van der Waals surface area contributed by atoms with Gasteiger partial charge in [-0.25, -0.2) is 0 Å². The molecule has 0 fully saturated rings. The molecule has 0 aromatic heterocycles. The number of benzene rings is 4. The molecule has 0 bridgehead atoms. The average molecular weight is 562 g/mol. The van der Waals surface area contributed by atoms with Gasteiger partial charge in [0.25, 0.3) is 0 Å². The maximum atomic E-state index is 11.9. The highest BCUT2D eigenvalue weighted by molar-refractivity contribution is 5.78. The van der Waals surface area contributed by atoms with Crippen molar-refractivity contribution in [1.29, 1.82) is 0 Å². The number of esters is 1. The molecule has 0 spiro atoms. The first-order valence-electron chi connectivity index (χ1n) is 15.0. The molecule has 0 atom stereocenters. The number of aryl methyl sites for hydroxylation is 1. The van der Waals surface area contributed by atoms with E-state index in [4.69, 9.17) is 9.47 Å². The van der Waals surface area contributed by atoms with Crippen molar-refractivity contribution in [2.24, 2.45) is 0 Å². The molecule has 4 aromatic rings. The lowest BCUT2D eigenvalue weighted by atomic mass is 10.1. The van der Waals surface area contributed by atoms with Gasteiger partial charge in [-0.05, 0) is 106 Å².